The summed E-state index contributed by atoms with van der Waals surface area (Å²) in [5.74, 6) is 0.230. The molecule has 0 amide bonds. The first-order chi connectivity index (χ1) is 19.0. The molecular formula is C32H34N4O3S. The number of nitrogens with zero attached hydrogens (tertiary/aromatic N) is 2. The molecule has 0 spiro atoms. The molecule has 1 aliphatic rings. The second kappa shape index (κ2) is 10.8. The SMILES string of the molecule is Cc1cccc(C)c1-c1cc2nc(n1)NS(=O)(=O)c1cccc(c1)NCC(c1ccc(/C=C/C(C)(C)C)cc1)O2. The quantitative estimate of drug-likeness (QED) is 0.279. The van der Waals surface area contributed by atoms with Gasteiger partial charge in [0.25, 0.3) is 10.0 Å². The summed E-state index contributed by atoms with van der Waals surface area (Å²) < 4.78 is 35.5. The molecule has 0 saturated heterocycles. The smallest absolute Gasteiger partial charge is 0.264 e. The number of rotatable bonds is 3. The molecule has 4 aromatic rings. The fraction of sp³-hybridized carbons (Fsp3) is 0.250. The third-order valence-corrected chi connectivity index (χ3v) is 7.97. The lowest BCUT2D eigenvalue weighted by atomic mass is 9.95. The van der Waals surface area contributed by atoms with Gasteiger partial charge in [-0.1, -0.05) is 81.5 Å². The Hall–Kier alpha value is -4.17. The summed E-state index contributed by atoms with van der Waals surface area (Å²) in [6, 6.07) is 22.7. The summed E-state index contributed by atoms with van der Waals surface area (Å²) in [6.07, 6.45) is 3.89. The molecule has 5 rings (SSSR count). The number of sulfonamides is 1. The summed E-state index contributed by atoms with van der Waals surface area (Å²) in [4.78, 5) is 9.20. The zero-order valence-electron chi connectivity index (χ0n) is 23.4. The lowest BCUT2D eigenvalue weighted by Gasteiger charge is -2.22. The van der Waals surface area contributed by atoms with Crippen molar-refractivity contribution in [3.05, 3.63) is 101 Å². The molecule has 1 atom stereocenters. The van der Waals surface area contributed by atoms with Gasteiger partial charge in [0, 0.05) is 17.3 Å². The van der Waals surface area contributed by atoms with E-state index in [1.165, 1.54) is 0 Å². The van der Waals surface area contributed by atoms with Crippen LogP contribution in [0.5, 0.6) is 5.88 Å². The van der Waals surface area contributed by atoms with Gasteiger partial charge in [0.2, 0.25) is 11.8 Å². The number of hydrogen-bond acceptors (Lipinski definition) is 6. The number of benzene rings is 3. The highest BCUT2D eigenvalue weighted by atomic mass is 32.2. The lowest BCUT2D eigenvalue weighted by Crippen LogP contribution is -2.21. The molecule has 3 aromatic carbocycles. The van der Waals surface area contributed by atoms with Crippen molar-refractivity contribution in [1.82, 2.24) is 9.97 Å². The van der Waals surface area contributed by atoms with E-state index in [1.807, 2.05) is 50.2 Å². The van der Waals surface area contributed by atoms with E-state index < -0.39 is 16.1 Å². The normalized spacial score (nSPS) is 16.7. The summed E-state index contributed by atoms with van der Waals surface area (Å²) in [5, 5.41) is 3.35. The average Bonchev–Trinajstić information content (AvgIpc) is 2.89. The Morgan fingerprint density at radius 3 is 2.33 bits per heavy atom. The number of anilines is 2. The summed E-state index contributed by atoms with van der Waals surface area (Å²) >= 11 is 0. The van der Waals surface area contributed by atoms with Crippen LogP contribution in [0.3, 0.4) is 0 Å². The third-order valence-electron chi connectivity index (χ3n) is 6.65. The molecule has 2 N–H and O–H groups in total. The lowest BCUT2D eigenvalue weighted by molar-refractivity contribution is 0.210. The van der Waals surface area contributed by atoms with Crippen LogP contribution in [0.2, 0.25) is 0 Å². The van der Waals surface area contributed by atoms with Crippen LogP contribution in [-0.2, 0) is 10.0 Å². The van der Waals surface area contributed by atoms with Crippen molar-refractivity contribution < 1.29 is 13.2 Å². The number of aryl methyl sites for hydroxylation is 2. The molecule has 1 unspecified atom stereocenters. The van der Waals surface area contributed by atoms with Crippen LogP contribution in [0.4, 0.5) is 11.6 Å². The molecule has 0 fully saturated rings. The van der Waals surface area contributed by atoms with Crippen molar-refractivity contribution >= 4 is 27.7 Å². The van der Waals surface area contributed by atoms with E-state index in [-0.39, 0.29) is 22.1 Å². The fourth-order valence-corrected chi connectivity index (χ4v) is 5.57. The van der Waals surface area contributed by atoms with E-state index in [4.69, 9.17) is 4.74 Å². The summed E-state index contributed by atoms with van der Waals surface area (Å²) in [7, 11) is -3.93. The van der Waals surface area contributed by atoms with Gasteiger partial charge in [0.05, 0.1) is 17.1 Å². The summed E-state index contributed by atoms with van der Waals surface area (Å²) in [6.45, 7) is 10.9. The Bertz CT molecular complexity index is 1650. The molecule has 206 valence electrons. The van der Waals surface area contributed by atoms with Crippen LogP contribution in [0.25, 0.3) is 17.3 Å². The third kappa shape index (κ3) is 6.34. The minimum atomic E-state index is -3.93. The number of ether oxygens (including phenoxy) is 1. The predicted octanol–water partition coefficient (Wildman–Crippen LogP) is 7.17. The molecule has 0 saturated carbocycles. The molecule has 1 aliphatic heterocycles. The van der Waals surface area contributed by atoms with Gasteiger partial charge < -0.3 is 10.1 Å². The number of fused-ring (bicyclic) bond motifs is 4. The maximum Gasteiger partial charge on any atom is 0.264 e. The molecule has 4 bridgehead atoms. The Morgan fingerprint density at radius 1 is 0.925 bits per heavy atom. The molecular weight excluding hydrogens is 520 g/mol. The van der Waals surface area contributed by atoms with Crippen LogP contribution in [0, 0.1) is 19.3 Å². The van der Waals surface area contributed by atoms with E-state index in [2.05, 4.69) is 65.1 Å². The van der Waals surface area contributed by atoms with Crippen LogP contribution in [0.1, 0.15) is 49.1 Å². The van der Waals surface area contributed by atoms with E-state index in [0.29, 0.717) is 17.9 Å². The minimum absolute atomic E-state index is 0.0458. The van der Waals surface area contributed by atoms with Gasteiger partial charge in [-0.25, -0.2) is 18.1 Å². The van der Waals surface area contributed by atoms with Crippen LogP contribution in [-0.4, -0.2) is 24.9 Å². The zero-order valence-corrected chi connectivity index (χ0v) is 24.2. The van der Waals surface area contributed by atoms with Crippen LogP contribution >= 0.6 is 0 Å². The van der Waals surface area contributed by atoms with Gasteiger partial charge in [0.15, 0.2) is 0 Å². The highest BCUT2D eigenvalue weighted by Crippen LogP contribution is 2.32. The molecule has 8 heteroatoms. The standard InChI is InChI=1S/C32H34N4O3S/c1-21-8-6-9-22(2)30(21)27-19-29-35-31(34-27)36-40(37,38)26-11-7-10-25(18-26)33-20-28(39-29)24-14-12-23(13-15-24)16-17-32(3,4)5/h6-19,28,33H,20H2,1-5H3,(H,34,35,36)/b17-16+. The monoisotopic (exact) mass is 554 g/mol. The Kier molecular flexibility index (Phi) is 7.38. The first-order valence-corrected chi connectivity index (χ1v) is 14.7. The van der Waals surface area contributed by atoms with Crippen molar-refractivity contribution in [2.75, 3.05) is 16.6 Å². The Balaban J connectivity index is 1.60. The van der Waals surface area contributed by atoms with Gasteiger partial charge in [-0.05, 0) is 59.7 Å². The van der Waals surface area contributed by atoms with Crippen molar-refractivity contribution in [2.45, 2.75) is 45.6 Å². The number of hydrogen-bond donors (Lipinski definition) is 2. The van der Waals surface area contributed by atoms with E-state index in [0.717, 1.165) is 27.8 Å². The van der Waals surface area contributed by atoms with Crippen molar-refractivity contribution in [3.63, 3.8) is 0 Å². The number of allylic oxidation sites excluding steroid dienone is 1. The molecule has 7 nitrogen and oxygen atoms in total. The molecule has 0 aliphatic carbocycles. The number of aromatic nitrogens is 2. The van der Waals surface area contributed by atoms with E-state index in [9.17, 15) is 8.42 Å². The molecule has 1 aromatic heterocycles. The average molecular weight is 555 g/mol. The van der Waals surface area contributed by atoms with E-state index >= 15 is 0 Å². The van der Waals surface area contributed by atoms with E-state index in [1.54, 1.807) is 24.3 Å². The molecule has 0 radical (unpaired) electrons. The van der Waals surface area contributed by atoms with Gasteiger partial charge >= 0.3 is 0 Å². The highest BCUT2D eigenvalue weighted by Gasteiger charge is 2.22. The van der Waals surface area contributed by atoms with Crippen molar-refractivity contribution in [1.29, 1.82) is 0 Å². The topological polar surface area (TPSA) is 93.2 Å². The van der Waals surface area contributed by atoms with Crippen molar-refractivity contribution in [2.24, 2.45) is 5.41 Å². The van der Waals surface area contributed by atoms with Gasteiger partial charge in [0.1, 0.15) is 6.10 Å². The fourth-order valence-electron chi connectivity index (χ4n) is 4.58. The maximum absolute atomic E-state index is 13.2. The highest BCUT2D eigenvalue weighted by molar-refractivity contribution is 7.92. The summed E-state index contributed by atoms with van der Waals surface area (Å²) in [5.41, 5.74) is 6.35. The largest absolute Gasteiger partial charge is 0.467 e. The number of nitrogens with one attached hydrogen (secondary N) is 2. The first kappa shape index (κ1) is 27.4. The Morgan fingerprint density at radius 2 is 1.62 bits per heavy atom. The second-order valence-electron chi connectivity index (χ2n) is 11.2. The second-order valence-corrected chi connectivity index (χ2v) is 12.9. The van der Waals surface area contributed by atoms with Crippen molar-refractivity contribution in [3.8, 4) is 17.1 Å². The van der Waals surface area contributed by atoms with Gasteiger partial charge in [-0.2, -0.15) is 4.98 Å². The molecule has 2 heterocycles. The minimum Gasteiger partial charge on any atom is -0.467 e. The van der Waals surface area contributed by atoms with Crippen LogP contribution < -0.4 is 14.8 Å². The Labute approximate surface area is 236 Å². The zero-order chi connectivity index (χ0) is 28.5. The maximum atomic E-state index is 13.2. The molecule has 40 heavy (non-hydrogen) atoms. The van der Waals surface area contributed by atoms with Gasteiger partial charge in [-0.3, -0.25) is 0 Å². The van der Waals surface area contributed by atoms with Gasteiger partial charge in [-0.15, -0.1) is 0 Å². The van der Waals surface area contributed by atoms with Crippen LogP contribution in [0.15, 0.2) is 83.8 Å². The predicted molar refractivity (Wildman–Crippen MR) is 161 cm³/mol. The first-order valence-electron chi connectivity index (χ1n) is 13.3.